The molecule has 0 spiro atoms. The van der Waals surface area contributed by atoms with Gasteiger partial charge in [0.2, 0.25) is 0 Å². The van der Waals surface area contributed by atoms with Crippen molar-refractivity contribution in [3.05, 3.63) is 34.3 Å². The second kappa shape index (κ2) is 5.42. The van der Waals surface area contributed by atoms with E-state index >= 15 is 0 Å². The molecule has 84 valence electrons. The zero-order chi connectivity index (χ0) is 12.1. The first-order valence-electron chi connectivity index (χ1n) is 4.46. The normalized spacial score (nSPS) is 9.62. The topological polar surface area (TPSA) is 60.4 Å². The van der Waals surface area contributed by atoms with Crippen LogP contribution in [0.15, 0.2) is 18.2 Å². The zero-order valence-electron chi connectivity index (χ0n) is 8.53. The Morgan fingerprint density at radius 2 is 2.12 bits per heavy atom. The largest absolute Gasteiger partial charge is 0.454 e. The van der Waals surface area contributed by atoms with Crippen molar-refractivity contribution in [3.63, 3.8) is 0 Å². The minimum atomic E-state index is -0.714. The van der Waals surface area contributed by atoms with Crippen LogP contribution in [0.3, 0.4) is 0 Å². The van der Waals surface area contributed by atoms with E-state index in [4.69, 9.17) is 11.6 Å². The SMILES string of the molecule is CC(=O)COC(=O)c1ccc(Cl)cc1C=O. The molecule has 16 heavy (non-hydrogen) atoms. The lowest BCUT2D eigenvalue weighted by Gasteiger charge is -2.04. The number of ketones is 1. The first-order chi connectivity index (χ1) is 7.54. The van der Waals surface area contributed by atoms with E-state index in [1.54, 1.807) is 0 Å². The predicted molar refractivity (Wildman–Crippen MR) is 57.8 cm³/mol. The van der Waals surface area contributed by atoms with Crippen molar-refractivity contribution in [1.82, 2.24) is 0 Å². The monoisotopic (exact) mass is 240 g/mol. The van der Waals surface area contributed by atoms with Crippen molar-refractivity contribution >= 4 is 29.6 Å². The molecule has 0 N–H and O–H groups in total. The fourth-order valence-electron chi connectivity index (χ4n) is 1.06. The van der Waals surface area contributed by atoms with Crippen LogP contribution in [0.2, 0.25) is 5.02 Å². The third-order valence-electron chi connectivity index (χ3n) is 1.77. The summed E-state index contributed by atoms with van der Waals surface area (Å²) in [5, 5.41) is 0.352. The van der Waals surface area contributed by atoms with Crippen molar-refractivity contribution < 1.29 is 19.1 Å². The van der Waals surface area contributed by atoms with Crippen molar-refractivity contribution in [2.24, 2.45) is 0 Å². The lowest BCUT2D eigenvalue weighted by molar-refractivity contribution is -0.120. The Morgan fingerprint density at radius 3 is 2.69 bits per heavy atom. The Morgan fingerprint density at radius 1 is 1.44 bits per heavy atom. The molecule has 5 heteroatoms. The number of ether oxygens (including phenoxy) is 1. The summed E-state index contributed by atoms with van der Waals surface area (Å²) in [7, 11) is 0. The van der Waals surface area contributed by atoms with E-state index in [1.807, 2.05) is 0 Å². The molecule has 1 rings (SSSR count). The molecule has 1 aromatic rings. The molecule has 0 aromatic heterocycles. The molecule has 0 saturated heterocycles. The molecule has 0 heterocycles. The third-order valence-corrected chi connectivity index (χ3v) is 2.00. The zero-order valence-corrected chi connectivity index (χ0v) is 9.28. The van der Waals surface area contributed by atoms with Gasteiger partial charge in [0.25, 0.3) is 0 Å². The maximum Gasteiger partial charge on any atom is 0.339 e. The van der Waals surface area contributed by atoms with E-state index in [9.17, 15) is 14.4 Å². The molecule has 0 fully saturated rings. The molecule has 0 radical (unpaired) electrons. The molecular formula is C11H9ClO4. The van der Waals surface area contributed by atoms with Crippen LogP contribution in [0.25, 0.3) is 0 Å². The molecule has 0 bridgehead atoms. The molecular weight excluding hydrogens is 232 g/mol. The van der Waals surface area contributed by atoms with Crippen LogP contribution in [0, 0.1) is 0 Å². The van der Waals surface area contributed by atoms with Crippen molar-refractivity contribution in [3.8, 4) is 0 Å². The summed E-state index contributed by atoms with van der Waals surface area (Å²) in [6.07, 6.45) is 0.510. The molecule has 0 aliphatic carbocycles. The van der Waals surface area contributed by atoms with Crippen LogP contribution >= 0.6 is 11.6 Å². The molecule has 0 aliphatic heterocycles. The summed E-state index contributed by atoms with van der Waals surface area (Å²) in [6.45, 7) is 0.996. The second-order valence-corrected chi connectivity index (χ2v) is 3.56. The van der Waals surface area contributed by atoms with E-state index in [0.717, 1.165) is 0 Å². The van der Waals surface area contributed by atoms with Gasteiger partial charge in [-0.25, -0.2) is 4.79 Å². The fraction of sp³-hybridized carbons (Fsp3) is 0.182. The van der Waals surface area contributed by atoms with Gasteiger partial charge in [-0.05, 0) is 25.1 Å². The molecule has 0 amide bonds. The quantitative estimate of drug-likeness (QED) is 0.596. The summed E-state index contributed by atoms with van der Waals surface area (Å²) in [5.74, 6) is -0.982. The smallest absolute Gasteiger partial charge is 0.339 e. The average molecular weight is 241 g/mol. The summed E-state index contributed by atoms with van der Waals surface area (Å²) in [6, 6.07) is 4.21. The Hall–Kier alpha value is -1.68. The Kier molecular flexibility index (Phi) is 4.19. The van der Waals surface area contributed by atoms with Gasteiger partial charge in [0.05, 0.1) is 5.56 Å². The van der Waals surface area contributed by atoms with Gasteiger partial charge in [-0.3, -0.25) is 9.59 Å². The van der Waals surface area contributed by atoms with Gasteiger partial charge in [-0.15, -0.1) is 0 Å². The van der Waals surface area contributed by atoms with E-state index < -0.39 is 5.97 Å². The summed E-state index contributed by atoms with van der Waals surface area (Å²) < 4.78 is 4.68. The van der Waals surface area contributed by atoms with Crippen LogP contribution in [0.5, 0.6) is 0 Å². The number of halogens is 1. The molecule has 4 nitrogen and oxygen atoms in total. The van der Waals surface area contributed by atoms with Crippen LogP contribution < -0.4 is 0 Å². The highest BCUT2D eigenvalue weighted by Gasteiger charge is 2.13. The average Bonchev–Trinajstić information content (AvgIpc) is 2.25. The number of hydrogen-bond donors (Lipinski definition) is 0. The predicted octanol–water partition coefficient (Wildman–Crippen LogP) is 1.90. The maximum atomic E-state index is 11.5. The lowest BCUT2D eigenvalue weighted by atomic mass is 10.1. The fourth-order valence-corrected chi connectivity index (χ4v) is 1.24. The molecule has 0 atom stereocenters. The Balaban J connectivity index is 2.90. The van der Waals surface area contributed by atoms with Gasteiger partial charge < -0.3 is 4.74 Å². The highest BCUT2D eigenvalue weighted by Crippen LogP contribution is 2.15. The van der Waals surface area contributed by atoms with Crippen LogP contribution in [0.4, 0.5) is 0 Å². The number of carbonyl (C=O) groups is 3. The molecule has 0 aliphatic rings. The van der Waals surface area contributed by atoms with Crippen LogP contribution in [0.1, 0.15) is 27.6 Å². The van der Waals surface area contributed by atoms with Crippen LogP contribution in [-0.4, -0.2) is 24.6 Å². The number of Topliss-reactive ketones (excluding diaryl/α,β-unsaturated/α-hetero) is 1. The molecule has 0 saturated carbocycles. The van der Waals surface area contributed by atoms with E-state index in [1.165, 1.54) is 25.1 Å². The minimum Gasteiger partial charge on any atom is -0.454 e. The summed E-state index contributed by atoms with van der Waals surface area (Å²) in [4.78, 5) is 32.8. The third kappa shape index (κ3) is 3.17. The number of rotatable bonds is 4. The van der Waals surface area contributed by atoms with Crippen molar-refractivity contribution in [2.45, 2.75) is 6.92 Å². The standard InChI is InChI=1S/C11H9ClO4/c1-7(14)6-16-11(15)10-3-2-9(12)4-8(10)5-13/h2-5H,6H2,1H3. The first kappa shape index (κ1) is 12.4. The number of hydrogen-bond acceptors (Lipinski definition) is 4. The molecule has 1 aromatic carbocycles. The number of esters is 1. The van der Waals surface area contributed by atoms with Gasteiger partial charge >= 0.3 is 5.97 Å². The van der Waals surface area contributed by atoms with Gasteiger partial charge in [0.1, 0.15) is 6.61 Å². The van der Waals surface area contributed by atoms with Crippen molar-refractivity contribution in [2.75, 3.05) is 6.61 Å². The second-order valence-electron chi connectivity index (χ2n) is 3.13. The highest BCUT2D eigenvalue weighted by molar-refractivity contribution is 6.31. The maximum absolute atomic E-state index is 11.5. The Bertz CT molecular complexity index is 440. The van der Waals surface area contributed by atoms with Gasteiger partial charge in [0, 0.05) is 10.6 Å². The minimum absolute atomic E-state index is 0.0978. The van der Waals surface area contributed by atoms with Gasteiger partial charge in [-0.1, -0.05) is 11.6 Å². The van der Waals surface area contributed by atoms with Gasteiger partial charge in [0.15, 0.2) is 12.1 Å². The summed E-state index contributed by atoms with van der Waals surface area (Å²) in [5.41, 5.74) is 0.238. The van der Waals surface area contributed by atoms with Crippen molar-refractivity contribution in [1.29, 1.82) is 0 Å². The Labute approximate surface area is 97.2 Å². The van der Waals surface area contributed by atoms with E-state index in [2.05, 4.69) is 4.74 Å². The van der Waals surface area contributed by atoms with E-state index in [0.29, 0.717) is 11.3 Å². The van der Waals surface area contributed by atoms with E-state index in [-0.39, 0.29) is 23.5 Å². The number of aldehydes is 1. The van der Waals surface area contributed by atoms with Gasteiger partial charge in [-0.2, -0.15) is 0 Å². The summed E-state index contributed by atoms with van der Waals surface area (Å²) >= 11 is 5.66. The highest BCUT2D eigenvalue weighted by atomic mass is 35.5. The first-order valence-corrected chi connectivity index (χ1v) is 4.83. The lowest BCUT2D eigenvalue weighted by Crippen LogP contribution is -2.13. The number of benzene rings is 1. The van der Waals surface area contributed by atoms with Crippen LogP contribution in [-0.2, 0) is 9.53 Å². The number of carbonyl (C=O) groups excluding carboxylic acids is 3. The molecule has 0 unspecified atom stereocenters.